The van der Waals surface area contributed by atoms with Crippen LogP contribution in [0.1, 0.15) is 57.6 Å². The zero-order valence-corrected chi connectivity index (χ0v) is 22.8. The number of nitrogens with zero attached hydrogens (tertiary/aromatic N) is 3. The molecule has 218 valence electrons. The van der Waals surface area contributed by atoms with E-state index >= 15 is 4.39 Å². The molecule has 6 rings (SSSR count). The predicted molar refractivity (Wildman–Crippen MR) is 143 cm³/mol. The number of carbonyl (C=O) groups is 3. The number of aryl methyl sites for hydroxylation is 1. The average molecular weight is 582 g/mol. The minimum atomic E-state index is -4.69. The number of alkyl halides is 3. The van der Waals surface area contributed by atoms with E-state index in [-0.39, 0.29) is 29.9 Å². The lowest BCUT2D eigenvalue weighted by Gasteiger charge is -2.43. The minimum Gasteiger partial charge on any atom is -0.340 e. The minimum absolute atomic E-state index is 0.0775. The Morgan fingerprint density at radius 2 is 1.95 bits per heavy atom. The molecule has 42 heavy (non-hydrogen) atoms. The van der Waals surface area contributed by atoms with Gasteiger partial charge in [-0.3, -0.25) is 19.4 Å². The summed E-state index contributed by atoms with van der Waals surface area (Å²) in [5.41, 5.74) is 1.80. The molecule has 3 amide bonds. The highest BCUT2D eigenvalue weighted by atomic mass is 19.4. The molecule has 8 nitrogen and oxygen atoms in total. The van der Waals surface area contributed by atoms with Crippen LogP contribution in [0.4, 0.5) is 23.4 Å². The number of amides is 3. The van der Waals surface area contributed by atoms with Gasteiger partial charge in [-0.1, -0.05) is 24.3 Å². The summed E-state index contributed by atoms with van der Waals surface area (Å²) in [7, 11) is 0. The molecular weight excluding hydrogens is 554 g/mol. The number of likely N-dealkylation sites (tertiary alicyclic amines) is 1. The maximum atomic E-state index is 15.1. The molecule has 12 heteroatoms. The van der Waals surface area contributed by atoms with Gasteiger partial charge in [-0.2, -0.15) is 13.2 Å². The van der Waals surface area contributed by atoms with E-state index in [1.807, 2.05) is 6.07 Å². The van der Waals surface area contributed by atoms with Gasteiger partial charge in [0.2, 0.25) is 11.8 Å². The smallest absolute Gasteiger partial charge is 0.340 e. The monoisotopic (exact) mass is 581 g/mol. The number of nitrogens with one attached hydrogen (secondary N) is 2. The van der Waals surface area contributed by atoms with Gasteiger partial charge in [0.05, 0.1) is 11.0 Å². The summed E-state index contributed by atoms with van der Waals surface area (Å²) >= 11 is 0. The lowest BCUT2D eigenvalue weighted by atomic mass is 9.80. The van der Waals surface area contributed by atoms with Crippen molar-refractivity contribution in [2.24, 2.45) is 0 Å². The van der Waals surface area contributed by atoms with E-state index in [4.69, 9.17) is 0 Å². The molecule has 2 aliphatic heterocycles. The molecule has 4 atom stereocenters. The Morgan fingerprint density at radius 3 is 2.71 bits per heavy atom. The second-order valence-electron chi connectivity index (χ2n) is 11.3. The molecular formula is C30H27F4N5O3. The zero-order valence-electron chi connectivity index (χ0n) is 22.8. The number of carbonyl (C=O) groups excluding carboxylic acids is 3. The number of anilines is 1. The summed E-state index contributed by atoms with van der Waals surface area (Å²) in [6.07, 6.45) is -1.25. The molecule has 0 saturated carbocycles. The molecule has 3 aromatic rings. The van der Waals surface area contributed by atoms with E-state index < -0.39 is 53.8 Å². The van der Waals surface area contributed by atoms with Crippen molar-refractivity contribution in [3.05, 3.63) is 88.1 Å². The summed E-state index contributed by atoms with van der Waals surface area (Å²) < 4.78 is 55.6. The fourth-order valence-corrected chi connectivity index (χ4v) is 6.53. The van der Waals surface area contributed by atoms with Gasteiger partial charge in [0.25, 0.3) is 5.91 Å². The van der Waals surface area contributed by atoms with E-state index in [1.54, 1.807) is 37.4 Å². The Balaban J connectivity index is 1.27. The summed E-state index contributed by atoms with van der Waals surface area (Å²) in [5.74, 6) is -2.65. The molecule has 1 aromatic carbocycles. The maximum Gasteiger partial charge on any atom is 0.406 e. The van der Waals surface area contributed by atoms with Crippen LogP contribution in [0.2, 0.25) is 0 Å². The number of benzene rings is 1. The van der Waals surface area contributed by atoms with Gasteiger partial charge in [-0.15, -0.1) is 0 Å². The Hall–Kier alpha value is -4.35. The van der Waals surface area contributed by atoms with Gasteiger partial charge in [-0.25, -0.2) is 9.37 Å². The van der Waals surface area contributed by atoms with Gasteiger partial charge in [0, 0.05) is 42.0 Å². The highest BCUT2D eigenvalue weighted by molar-refractivity contribution is 6.06. The molecule has 0 radical (unpaired) electrons. The first-order valence-corrected chi connectivity index (χ1v) is 13.6. The van der Waals surface area contributed by atoms with E-state index in [0.717, 1.165) is 5.56 Å². The van der Waals surface area contributed by atoms with Crippen molar-refractivity contribution < 1.29 is 31.9 Å². The Labute approximate surface area is 238 Å². The summed E-state index contributed by atoms with van der Waals surface area (Å²) in [6, 6.07) is 7.55. The van der Waals surface area contributed by atoms with E-state index in [9.17, 15) is 27.6 Å². The SMILES string of the molecule is Cc1cccc([C@@H]2C[C@H](NC(=O)c3cnc4c(c3)C[C@@]3(C4)C(=O)Nc4ncccc43)C(=O)N(CC(F)(F)F)C2C)c1F. The van der Waals surface area contributed by atoms with Crippen LogP contribution in [0.25, 0.3) is 0 Å². The van der Waals surface area contributed by atoms with Crippen LogP contribution >= 0.6 is 0 Å². The molecule has 1 saturated heterocycles. The van der Waals surface area contributed by atoms with Crippen LogP contribution in [0.5, 0.6) is 0 Å². The average Bonchev–Trinajstić information content (AvgIpc) is 3.46. The molecule has 1 spiro atoms. The maximum absolute atomic E-state index is 15.1. The highest BCUT2D eigenvalue weighted by Crippen LogP contribution is 2.46. The van der Waals surface area contributed by atoms with Crippen LogP contribution in [-0.2, 0) is 27.8 Å². The van der Waals surface area contributed by atoms with Crippen molar-refractivity contribution in [1.29, 1.82) is 0 Å². The normalized spacial score (nSPS) is 24.9. The molecule has 4 heterocycles. The number of piperidine rings is 1. The number of rotatable bonds is 4. The fourth-order valence-electron chi connectivity index (χ4n) is 6.53. The van der Waals surface area contributed by atoms with E-state index in [2.05, 4.69) is 20.6 Å². The number of aromatic nitrogens is 2. The molecule has 1 unspecified atom stereocenters. The van der Waals surface area contributed by atoms with Gasteiger partial charge in [0.1, 0.15) is 24.2 Å². The third-order valence-corrected chi connectivity index (χ3v) is 8.69. The van der Waals surface area contributed by atoms with Gasteiger partial charge in [0.15, 0.2) is 0 Å². The Bertz CT molecular complexity index is 1630. The standard InChI is InChI=1S/C30H27F4N5O3/c1-15-5-3-6-19(24(15)31)20-10-22(27(41)39(16(20)2)14-30(32,33)34)37-26(40)18-9-17-11-29(12-23(17)36-13-18)21-7-4-8-35-25(21)38-28(29)42/h3-9,13,16,20,22H,10-12,14H2,1-2H3,(H,37,40)(H,35,38,42)/t16?,20-,22+,29+/m1/s1. The van der Waals surface area contributed by atoms with Crippen LogP contribution in [-0.4, -0.2) is 57.4 Å². The molecule has 2 N–H and O–H groups in total. The highest BCUT2D eigenvalue weighted by Gasteiger charge is 2.52. The topological polar surface area (TPSA) is 104 Å². The Kier molecular flexibility index (Phi) is 6.54. The number of hydrogen-bond acceptors (Lipinski definition) is 5. The molecule has 1 fully saturated rings. The largest absolute Gasteiger partial charge is 0.406 e. The number of fused-ring (bicyclic) bond motifs is 3. The second-order valence-corrected chi connectivity index (χ2v) is 11.3. The van der Waals surface area contributed by atoms with Crippen LogP contribution in [0.3, 0.4) is 0 Å². The third kappa shape index (κ3) is 4.58. The zero-order chi connectivity index (χ0) is 30.0. The number of hydrogen-bond donors (Lipinski definition) is 2. The predicted octanol–water partition coefficient (Wildman–Crippen LogP) is 3.98. The summed E-state index contributed by atoms with van der Waals surface area (Å²) in [4.78, 5) is 48.9. The van der Waals surface area contributed by atoms with Gasteiger partial charge in [-0.05, 0) is 55.5 Å². The second kappa shape index (κ2) is 9.88. The molecule has 3 aliphatic rings. The van der Waals surface area contributed by atoms with Gasteiger partial charge >= 0.3 is 6.18 Å². The van der Waals surface area contributed by atoms with Crippen molar-refractivity contribution in [3.8, 4) is 0 Å². The lowest BCUT2D eigenvalue weighted by Crippen LogP contribution is -2.59. The first-order chi connectivity index (χ1) is 19.9. The van der Waals surface area contributed by atoms with Crippen molar-refractivity contribution in [1.82, 2.24) is 20.2 Å². The first kappa shape index (κ1) is 27.8. The third-order valence-electron chi connectivity index (χ3n) is 8.69. The van der Waals surface area contributed by atoms with Crippen LogP contribution < -0.4 is 10.6 Å². The van der Waals surface area contributed by atoms with E-state index in [1.165, 1.54) is 19.2 Å². The number of halogens is 4. The summed E-state index contributed by atoms with van der Waals surface area (Å²) in [6.45, 7) is 1.49. The fraction of sp³-hybridized carbons (Fsp3) is 0.367. The lowest BCUT2D eigenvalue weighted by molar-refractivity contribution is -0.170. The van der Waals surface area contributed by atoms with Crippen molar-refractivity contribution >= 4 is 23.5 Å². The van der Waals surface area contributed by atoms with Crippen LogP contribution in [0.15, 0.2) is 48.8 Å². The number of pyridine rings is 2. The van der Waals surface area contributed by atoms with Crippen molar-refractivity contribution in [3.63, 3.8) is 0 Å². The molecule has 0 bridgehead atoms. The van der Waals surface area contributed by atoms with Crippen LogP contribution in [0, 0.1) is 12.7 Å². The Morgan fingerprint density at radius 1 is 1.17 bits per heavy atom. The molecule has 1 aliphatic carbocycles. The van der Waals surface area contributed by atoms with E-state index in [0.29, 0.717) is 34.0 Å². The quantitative estimate of drug-likeness (QED) is 0.454. The first-order valence-electron chi connectivity index (χ1n) is 13.6. The molecule has 2 aromatic heterocycles. The van der Waals surface area contributed by atoms with Crippen molar-refractivity contribution in [2.45, 2.75) is 62.7 Å². The van der Waals surface area contributed by atoms with Gasteiger partial charge < -0.3 is 15.5 Å². The summed E-state index contributed by atoms with van der Waals surface area (Å²) in [5, 5.41) is 5.39. The van der Waals surface area contributed by atoms with Crippen molar-refractivity contribution in [2.75, 3.05) is 11.9 Å².